The Kier molecular flexibility index (Phi) is 17.3. The smallest absolute Gasteiger partial charge is 0.268 e. The third-order valence-corrected chi connectivity index (χ3v) is 14.1. The van der Waals surface area contributed by atoms with Crippen LogP contribution in [0.3, 0.4) is 0 Å². The highest BCUT2D eigenvalue weighted by Gasteiger charge is 2.45. The Morgan fingerprint density at radius 3 is 1.48 bits per heavy atom. The molecular formula is C34H60O20P4-4. The Balaban J connectivity index is 1.33. The van der Waals surface area contributed by atoms with E-state index < -0.39 is 117 Å². The Bertz CT molecular complexity index is 1570. The van der Waals surface area contributed by atoms with Crippen molar-refractivity contribution in [3.63, 3.8) is 0 Å². The summed E-state index contributed by atoms with van der Waals surface area (Å²) in [5.74, 6) is 0.0443. The zero-order chi connectivity index (χ0) is 43.6. The van der Waals surface area contributed by atoms with Crippen molar-refractivity contribution in [3.8, 4) is 0 Å². The van der Waals surface area contributed by atoms with Crippen LogP contribution in [0, 0.1) is 11.3 Å². The summed E-state index contributed by atoms with van der Waals surface area (Å²) in [6, 6.07) is 0. The predicted molar refractivity (Wildman–Crippen MR) is 198 cm³/mol. The van der Waals surface area contributed by atoms with Crippen LogP contribution in [0.1, 0.15) is 94.9 Å². The first-order chi connectivity index (χ1) is 26.5. The summed E-state index contributed by atoms with van der Waals surface area (Å²) in [4.78, 5) is 51.5. The van der Waals surface area contributed by atoms with Gasteiger partial charge in [0, 0.05) is 19.3 Å². The minimum absolute atomic E-state index is 0.0315. The van der Waals surface area contributed by atoms with Crippen molar-refractivity contribution in [2.75, 3.05) is 19.8 Å². The molecule has 17 atom stereocenters. The maximum atomic E-state index is 13.2. The lowest BCUT2D eigenvalue weighted by Gasteiger charge is -2.35. The molecule has 4 aliphatic heterocycles. The fraction of sp³-hybridized carbons (Fsp3) is 0.941. The minimum atomic E-state index is -5.25. The van der Waals surface area contributed by atoms with Crippen LogP contribution < -0.4 is 19.6 Å². The molecule has 0 aromatic rings. The van der Waals surface area contributed by atoms with Crippen molar-refractivity contribution in [2.45, 2.75) is 174 Å². The van der Waals surface area contributed by atoms with Gasteiger partial charge in [0.25, 0.3) is 31.3 Å². The Labute approximate surface area is 341 Å². The van der Waals surface area contributed by atoms with E-state index in [0.717, 1.165) is 12.5 Å². The van der Waals surface area contributed by atoms with Crippen molar-refractivity contribution in [3.05, 3.63) is 12.7 Å². The van der Waals surface area contributed by atoms with E-state index in [1.807, 2.05) is 27.7 Å². The first-order valence-electron chi connectivity index (χ1n) is 19.3. The molecule has 4 saturated heterocycles. The third kappa shape index (κ3) is 15.7. The molecule has 20 nitrogen and oxygen atoms in total. The van der Waals surface area contributed by atoms with E-state index in [0.29, 0.717) is 0 Å². The highest BCUT2D eigenvalue weighted by atomic mass is 31.2. The van der Waals surface area contributed by atoms with E-state index in [9.17, 15) is 37.8 Å². The molecule has 0 saturated carbocycles. The second-order valence-electron chi connectivity index (χ2n) is 17.4. The highest BCUT2D eigenvalue weighted by molar-refractivity contribution is 7.46. The third-order valence-electron chi connectivity index (χ3n) is 9.82. The van der Waals surface area contributed by atoms with Crippen LogP contribution in [0.25, 0.3) is 0 Å². The number of rotatable bonds is 20. The lowest BCUT2D eigenvalue weighted by molar-refractivity contribution is -0.241. The molecule has 0 aliphatic carbocycles. The quantitative estimate of drug-likeness (QED) is 0.124. The molecule has 58 heavy (non-hydrogen) atoms. The van der Waals surface area contributed by atoms with Crippen molar-refractivity contribution >= 4 is 31.3 Å². The summed E-state index contributed by atoms with van der Waals surface area (Å²) in [7, 11) is -20.2. The molecule has 4 rings (SSSR count). The van der Waals surface area contributed by atoms with Crippen molar-refractivity contribution < 1.29 is 93.0 Å². The molecule has 0 radical (unpaired) electrons. The van der Waals surface area contributed by atoms with E-state index >= 15 is 0 Å². The topological polar surface area (TPSA) is 271 Å². The standard InChI is InChI=1S/C34H64O20P4/c1-12-25(50-58(41,42)52-27-15-22(4)48-31(27)19-45-57(39,40)54-34(9,10)11)32-28(16-23(5)49-32)53-56(37,38)44-18-30-26(14-21(3)47-30)51-55(35,36)43-17-29-24(33(6,7)8)13-20(2)46-29/h12,20-32H,1,13-19H2,2-11H3,(H,35,36)(H,37,38)(H,39,40)(H,41,42)/p-4/t20-,21-,22-,23-,24?,25?,26?,27?,28?,29+,30+,31+,32+/m0/s1. The van der Waals surface area contributed by atoms with Crippen LogP contribution in [0.15, 0.2) is 12.7 Å². The Morgan fingerprint density at radius 2 is 1.00 bits per heavy atom. The van der Waals surface area contributed by atoms with E-state index in [-0.39, 0.29) is 43.3 Å². The average Bonchev–Trinajstić information content (AvgIpc) is 3.80. The molecule has 0 spiro atoms. The van der Waals surface area contributed by atoms with E-state index in [1.54, 1.807) is 20.8 Å². The maximum absolute atomic E-state index is 13.2. The Morgan fingerprint density at radius 1 is 0.603 bits per heavy atom. The fourth-order valence-electron chi connectivity index (χ4n) is 7.47. The largest absolute Gasteiger partial charge is 0.756 e. The van der Waals surface area contributed by atoms with Gasteiger partial charge in [0.05, 0.1) is 74.3 Å². The minimum Gasteiger partial charge on any atom is -0.756 e. The van der Waals surface area contributed by atoms with Crippen LogP contribution in [-0.4, -0.2) is 98.7 Å². The van der Waals surface area contributed by atoms with Gasteiger partial charge in [-0.1, -0.05) is 26.8 Å². The molecule has 0 aromatic heterocycles. The van der Waals surface area contributed by atoms with E-state index in [4.69, 9.17) is 55.1 Å². The first kappa shape index (κ1) is 50.7. The van der Waals surface area contributed by atoms with Crippen LogP contribution in [-0.2, 0) is 73.4 Å². The second kappa shape index (κ2) is 19.8. The zero-order valence-electron chi connectivity index (χ0n) is 34.7. The van der Waals surface area contributed by atoms with Gasteiger partial charge in [-0.2, -0.15) is 0 Å². The van der Waals surface area contributed by atoms with E-state index in [1.165, 1.54) is 20.8 Å². The molecule has 24 heteroatoms. The zero-order valence-corrected chi connectivity index (χ0v) is 38.3. The van der Waals surface area contributed by atoms with E-state index in [2.05, 4.69) is 6.58 Å². The van der Waals surface area contributed by atoms with Crippen molar-refractivity contribution in [1.82, 2.24) is 0 Å². The molecule has 0 aromatic carbocycles. The first-order valence-corrected chi connectivity index (χ1v) is 25.2. The van der Waals surface area contributed by atoms with Crippen molar-refractivity contribution in [2.24, 2.45) is 11.3 Å². The van der Waals surface area contributed by atoms with Gasteiger partial charge in [-0.05, 0) is 66.2 Å². The van der Waals surface area contributed by atoms with Gasteiger partial charge < -0.3 is 74.7 Å². The molecule has 4 aliphatic rings. The highest BCUT2D eigenvalue weighted by Crippen LogP contribution is 2.51. The average molecular weight is 913 g/mol. The van der Waals surface area contributed by atoms with Crippen LogP contribution in [0.5, 0.6) is 0 Å². The van der Waals surface area contributed by atoms with Gasteiger partial charge >= 0.3 is 0 Å². The van der Waals surface area contributed by atoms with Gasteiger partial charge in [-0.3, -0.25) is 18.3 Å². The maximum Gasteiger partial charge on any atom is 0.268 e. The summed E-state index contributed by atoms with van der Waals surface area (Å²) in [6.45, 7) is 19.5. The van der Waals surface area contributed by atoms with Gasteiger partial charge in [-0.25, -0.2) is 0 Å². The van der Waals surface area contributed by atoms with Gasteiger partial charge in [0.2, 0.25) is 0 Å². The Hall–Kier alpha value is 0.0200. The van der Waals surface area contributed by atoms with Gasteiger partial charge in [-0.15, -0.1) is 6.58 Å². The monoisotopic (exact) mass is 912 g/mol. The van der Waals surface area contributed by atoms with Crippen LogP contribution in [0.4, 0.5) is 0 Å². The van der Waals surface area contributed by atoms with Crippen molar-refractivity contribution in [1.29, 1.82) is 0 Å². The number of hydrogen-bond donors (Lipinski definition) is 0. The summed E-state index contributed by atoms with van der Waals surface area (Å²) < 4.78 is 116. The molecular weight excluding hydrogens is 852 g/mol. The molecule has 0 amide bonds. The van der Waals surface area contributed by atoms with Gasteiger partial charge in [0.15, 0.2) is 0 Å². The summed E-state index contributed by atoms with van der Waals surface area (Å²) in [6.07, 6.45) is -9.16. The molecule has 340 valence electrons. The van der Waals surface area contributed by atoms with Gasteiger partial charge in [0.1, 0.15) is 24.4 Å². The summed E-state index contributed by atoms with van der Waals surface area (Å²) >= 11 is 0. The molecule has 0 bridgehead atoms. The molecule has 4 fully saturated rings. The normalized spacial score (nSPS) is 38.2. The molecule has 9 unspecified atom stereocenters. The predicted octanol–water partition coefficient (Wildman–Crippen LogP) is 3.82. The summed E-state index contributed by atoms with van der Waals surface area (Å²) in [5, 5.41) is 0. The number of ether oxygens (including phenoxy) is 4. The second-order valence-corrected chi connectivity index (χ2v) is 22.8. The van der Waals surface area contributed by atoms with Crippen LogP contribution >= 0.6 is 31.3 Å². The summed E-state index contributed by atoms with van der Waals surface area (Å²) in [5.41, 5.74) is -1.23. The number of phosphoric acid groups is 4. The number of phosphoric ester groups is 4. The molecule has 0 N–H and O–H groups in total. The SMILES string of the molecule is C=CC(OP(=O)([O-])OC1C[C@H](C)O[C@@H]1COP(=O)([O-])OC(C)(C)C)[C@H]1O[C@@H](C)CC1OP(=O)([O-])OC[C@H]1O[C@@H](C)CC1OP(=O)([O-])OC[C@H]1O[C@@H](C)CC1C(C)(C)C. The lowest BCUT2D eigenvalue weighted by atomic mass is 9.76. The lowest BCUT2D eigenvalue weighted by Crippen LogP contribution is -2.39. The molecule has 4 heterocycles. The fourth-order valence-corrected chi connectivity index (χ4v) is 11.5. The number of hydrogen-bond acceptors (Lipinski definition) is 20. The van der Waals surface area contributed by atoms with Crippen LogP contribution in [0.2, 0.25) is 0 Å².